The normalized spacial score (nSPS) is 11.8. The summed E-state index contributed by atoms with van der Waals surface area (Å²) in [5, 5.41) is 2.95. The Kier molecular flexibility index (Phi) is 4.52. The predicted octanol–water partition coefficient (Wildman–Crippen LogP) is 2.59. The van der Waals surface area contributed by atoms with E-state index in [1.165, 1.54) is 7.11 Å². The van der Waals surface area contributed by atoms with E-state index in [2.05, 4.69) is 15.3 Å². The molecule has 0 saturated heterocycles. The highest BCUT2D eigenvalue weighted by atomic mass is 16.5. The molecule has 21 heavy (non-hydrogen) atoms. The first-order valence-electron chi connectivity index (χ1n) is 6.75. The molecule has 2 rings (SSSR count). The Morgan fingerprint density at radius 1 is 1.19 bits per heavy atom. The Hall–Kier alpha value is -2.43. The highest BCUT2D eigenvalue weighted by molar-refractivity contribution is 5.97. The number of hydrogen-bond acceptors (Lipinski definition) is 4. The van der Waals surface area contributed by atoms with Crippen LogP contribution in [0.25, 0.3) is 0 Å². The van der Waals surface area contributed by atoms with Crippen molar-refractivity contribution in [2.75, 3.05) is 7.11 Å². The van der Waals surface area contributed by atoms with Crippen LogP contribution in [0.5, 0.6) is 5.75 Å². The van der Waals surface area contributed by atoms with Gasteiger partial charge in [0.05, 0.1) is 24.9 Å². The Morgan fingerprint density at radius 2 is 1.90 bits per heavy atom. The fourth-order valence-electron chi connectivity index (χ4n) is 1.98. The molecular weight excluding hydrogens is 266 g/mol. The zero-order valence-electron chi connectivity index (χ0n) is 12.7. The minimum atomic E-state index is -0.189. The average molecular weight is 285 g/mol. The van der Waals surface area contributed by atoms with Crippen molar-refractivity contribution in [2.24, 2.45) is 0 Å². The van der Waals surface area contributed by atoms with E-state index < -0.39 is 0 Å². The van der Waals surface area contributed by atoms with Gasteiger partial charge in [0.2, 0.25) is 0 Å². The standard InChI is InChI=1S/C16H19N3O2/c1-10-5-6-13(8-17-10)12(3)19-16(20)14-7-11(2)18-9-15(14)21-4/h5-9,12H,1-4H3,(H,19,20). The van der Waals surface area contributed by atoms with Crippen LogP contribution in [0, 0.1) is 13.8 Å². The molecule has 0 radical (unpaired) electrons. The summed E-state index contributed by atoms with van der Waals surface area (Å²) in [5.74, 6) is 0.276. The molecule has 0 spiro atoms. The van der Waals surface area contributed by atoms with Crippen LogP contribution in [-0.4, -0.2) is 23.0 Å². The van der Waals surface area contributed by atoms with Gasteiger partial charge in [-0.2, -0.15) is 0 Å². The second-order valence-corrected chi connectivity index (χ2v) is 4.95. The van der Waals surface area contributed by atoms with E-state index in [9.17, 15) is 4.79 Å². The van der Waals surface area contributed by atoms with Crippen molar-refractivity contribution in [1.82, 2.24) is 15.3 Å². The van der Waals surface area contributed by atoms with Crippen molar-refractivity contribution in [3.8, 4) is 5.75 Å². The molecule has 2 heterocycles. The molecule has 0 aliphatic rings. The number of nitrogens with one attached hydrogen (secondary N) is 1. The molecule has 1 amide bonds. The minimum Gasteiger partial charge on any atom is -0.494 e. The summed E-state index contributed by atoms with van der Waals surface area (Å²) in [5.41, 5.74) is 3.16. The van der Waals surface area contributed by atoms with Crippen molar-refractivity contribution in [1.29, 1.82) is 0 Å². The van der Waals surface area contributed by atoms with E-state index in [1.54, 1.807) is 18.5 Å². The first kappa shape index (κ1) is 15.0. The molecule has 1 N–H and O–H groups in total. The molecule has 110 valence electrons. The third-order valence-electron chi connectivity index (χ3n) is 3.25. The number of carbonyl (C=O) groups is 1. The molecule has 0 aromatic carbocycles. The summed E-state index contributed by atoms with van der Waals surface area (Å²) < 4.78 is 5.19. The van der Waals surface area contributed by atoms with Gasteiger partial charge in [-0.3, -0.25) is 14.8 Å². The number of rotatable bonds is 4. The van der Waals surface area contributed by atoms with Gasteiger partial charge >= 0.3 is 0 Å². The number of carbonyl (C=O) groups excluding carboxylic acids is 1. The van der Waals surface area contributed by atoms with Crippen molar-refractivity contribution in [2.45, 2.75) is 26.8 Å². The molecule has 0 aliphatic carbocycles. The lowest BCUT2D eigenvalue weighted by molar-refractivity contribution is 0.0936. The maximum atomic E-state index is 12.4. The SMILES string of the molecule is COc1cnc(C)cc1C(=O)NC(C)c1ccc(C)nc1. The summed E-state index contributed by atoms with van der Waals surface area (Å²) in [6.45, 7) is 5.69. The number of pyridine rings is 2. The summed E-state index contributed by atoms with van der Waals surface area (Å²) in [6.07, 6.45) is 3.33. The van der Waals surface area contributed by atoms with Crippen LogP contribution < -0.4 is 10.1 Å². The first-order valence-corrected chi connectivity index (χ1v) is 6.75. The number of ether oxygens (including phenoxy) is 1. The molecule has 0 fully saturated rings. The number of nitrogens with zero attached hydrogens (tertiary/aromatic N) is 2. The number of amides is 1. The Balaban J connectivity index is 2.17. The van der Waals surface area contributed by atoms with Crippen LogP contribution in [0.2, 0.25) is 0 Å². The zero-order chi connectivity index (χ0) is 15.4. The lowest BCUT2D eigenvalue weighted by atomic mass is 10.1. The van der Waals surface area contributed by atoms with Gasteiger partial charge in [0.15, 0.2) is 0 Å². The third kappa shape index (κ3) is 3.56. The van der Waals surface area contributed by atoms with Crippen LogP contribution in [0.3, 0.4) is 0 Å². The van der Waals surface area contributed by atoms with Gasteiger partial charge in [-0.05, 0) is 38.5 Å². The van der Waals surface area contributed by atoms with Gasteiger partial charge in [0.25, 0.3) is 5.91 Å². The number of aryl methyl sites for hydroxylation is 2. The van der Waals surface area contributed by atoms with Crippen LogP contribution in [0.4, 0.5) is 0 Å². The van der Waals surface area contributed by atoms with Gasteiger partial charge < -0.3 is 10.1 Å². The Morgan fingerprint density at radius 3 is 2.52 bits per heavy atom. The fraction of sp³-hybridized carbons (Fsp3) is 0.312. The van der Waals surface area contributed by atoms with E-state index in [-0.39, 0.29) is 11.9 Å². The van der Waals surface area contributed by atoms with Gasteiger partial charge in [0.1, 0.15) is 5.75 Å². The maximum absolute atomic E-state index is 12.4. The lowest BCUT2D eigenvalue weighted by Gasteiger charge is -2.15. The smallest absolute Gasteiger partial charge is 0.255 e. The van der Waals surface area contributed by atoms with E-state index in [1.807, 2.05) is 32.9 Å². The first-order chi connectivity index (χ1) is 10.0. The van der Waals surface area contributed by atoms with Gasteiger partial charge in [-0.25, -0.2) is 0 Å². The van der Waals surface area contributed by atoms with Crippen LogP contribution in [0.15, 0.2) is 30.6 Å². The molecule has 0 saturated carbocycles. The highest BCUT2D eigenvalue weighted by Crippen LogP contribution is 2.19. The van der Waals surface area contributed by atoms with Gasteiger partial charge in [-0.1, -0.05) is 6.07 Å². The largest absolute Gasteiger partial charge is 0.494 e. The van der Waals surface area contributed by atoms with E-state index in [0.29, 0.717) is 11.3 Å². The maximum Gasteiger partial charge on any atom is 0.255 e. The Bertz CT molecular complexity index is 638. The highest BCUT2D eigenvalue weighted by Gasteiger charge is 2.16. The van der Waals surface area contributed by atoms with Gasteiger partial charge in [0, 0.05) is 17.6 Å². The van der Waals surface area contributed by atoms with Crippen LogP contribution in [0.1, 0.15) is 40.3 Å². The molecule has 0 bridgehead atoms. The molecule has 5 nitrogen and oxygen atoms in total. The van der Waals surface area contributed by atoms with E-state index in [0.717, 1.165) is 17.0 Å². The number of hydrogen-bond donors (Lipinski definition) is 1. The minimum absolute atomic E-state index is 0.135. The molecule has 5 heteroatoms. The second-order valence-electron chi connectivity index (χ2n) is 4.95. The molecule has 1 atom stereocenters. The number of aromatic nitrogens is 2. The third-order valence-corrected chi connectivity index (χ3v) is 3.25. The van der Waals surface area contributed by atoms with Crippen molar-refractivity contribution in [3.05, 3.63) is 53.1 Å². The monoisotopic (exact) mass is 285 g/mol. The zero-order valence-corrected chi connectivity index (χ0v) is 12.7. The molecule has 2 aromatic rings. The quantitative estimate of drug-likeness (QED) is 0.937. The fourth-order valence-corrected chi connectivity index (χ4v) is 1.98. The van der Waals surface area contributed by atoms with Crippen molar-refractivity contribution in [3.63, 3.8) is 0 Å². The number of methoxy groups -OCH3 is 1. The summed E-state index contributed by atoms with van der Waals surface area (Å²) in [7, 11) is 1.52. The Labute approximate surface area is 124 Å². The molecular formula is C16H19N3O2. The molecule has 1 unspecified atom stereocenters. The van der Waals surface area contributed by atoms with Crippen molar-refractivity contribution < 1.29 is 9.53 Å². The van der Waals surface area contributed by atoms with Crippen LogP contribution in [-0.2, 0) is 0 Å². The van der Waals surface area contributed by atoms with E-state index >= 15 is 0 Å². The van der Waals surface area contributed by atoms with E-state index in [4.69, 9.17) is 4.74 Å². The van der Waals surface area contributed by atoms with Crippen LogP contribution >= 0.6 is 0 Å². The summed E-state index contributed by atoms with van der Waals surface area (Å²) in [4.78, 5) is 20.8. The summed E-state index contributed by atoms with van der Waals surface area (Å²) in [6, 6.07) is 5.47. The second kappa shape index (κ2) is 6.35. The predicted molar refractivity (Wildman–Crippen MR) is 80.4 cm³/mol. The summed E-state index contributed by atoms with van der Waals surface area (Å²) >= 11 is 0. The average Bonchev–Trinajstić information content (AvgIpc) is 2.47. The van der Waals surface area contributed by atoms with Gasteiger partial charge in [-0.15, -0.1) is 0 Å². The van der Waals surface area contributed by atoms with Crippen molar-refractivity contribution >= 4 is 5.91 Å². The lowest BCUT2D eigenvalue weighted by Crippen LogP contribution is -2.27. The molecule has 2 aromatic heterocycles. The molecule has 0 aliphatic heterocycles. The topological polar surface area (TPSA) is 64.1 Å².